The summed E-state index contributed by atoms with van der Waals surface area (Å²) in [6, 6.07) is 8.34. The molecule has 158 valence electrons. The fraction of sp³-hybridized carbons (Fsp3) is 0.350. The number of halogens is 3. The van der Waals surface area contributed by atoms with Gasteiger partial charge < -0.3 is 5.32 Å². The molecule has 0 aromatic heterocycles. The minimum absolute atomic E-state index is 0.0322. The molecule has 0 aliphatic heterocycles. The van der Waals surface area contributed by atoms with Crippen LogP contribution < -0.4 is 10.0 Å². The van der Waals surface area contributed by atoms with Crippen LogP contribution in [0, 0.1) is 6.92 Å². The Kier molecular flexibility index (Phi) is 7.43. The van der Waals surface area contributed by atoms with Crippen molar-refractivity contribution < 1.29 is 26.4 Å². The monoisotopic (exact) mass is 428 g/mol. The average molecular weight is 428 g/mol. The van der Waals surface area contributed by atoms with Crippen molar-refractivity contribution in [1.82, 2.24) is 4.72 Å². The van der Waals surface area contributed by atoms with E-state index in [2.05, 4.69) is 10.0 Å². The molecule has 2 rings (SSSR count). The van der Waals surface area contributed by atoms with Gasteiger partial charge in [0.25, 0.3) is 5.91 Å². The van der Waals surface area contributed by atoms with Gasteiger partial charge in [0.1, 0.15) is 0 Å². The molecule has 0 radical (unpaired) electrons. The molecular formula is C20H23F3N2O3S. The Hall–Kier alpha value is -2.39. The summed E-state index contributed by atoms with van der Waals surface area (Å²) in [5.74, 6) is -0.690. The van der Waals surface area contributed by atoms with Crippen LogP contribution in [0.1, 0.15) is 47.7 Å². The number of unbranched alkanes of at least 4 members (excludes halogenated alkanes) is 2. The van der Waals surface area contributed by atoms with Crippen molar-refractivity contribution in [2.45, 2.75) is 44.2 Å². The van der Waals surface area contributed by atoms with Gasteiger partial charge in [0.05, 0.1) is 10.5 Å². The topological polar surface area (TPSA) is 75.3 Å². The highest BCUT2D eigenvalue weighted by Crippen LogP contribution is 2.30. The number of hydrogen-bond acceptors (Lipinski definition) is 3. The number of sulfonamides is 1. The molecule has 0 saturated carbocycles. The molecule has 5 nitrogen and oxygen atoms in total. The standard InChI is InChI=1S/C20H23F3N2O3S/c1-3-4-5-11-24-29(27,28)17-10-9-14(2)18(13-17)19(26)25-16-8-6-7-15(12-16)20(21,22)23/h6-10,12-13,24H,3-5,11H2,1-2H3,(H,25,26). The van der Waals surface area contributed by atoms with E-state index in [1.807, 2.05) is 6.92 Å². The first-order chi connectivity index (χ1) is 13.5. The highest BCUT2D eigenvalue weighted by Gasteiger charge is 2.30. The molecule has 2 aromatic rings. The van der Waals surface area contributed by atoms with Crippen molar-refractivity contribution in [1.29, 1.82) is 0 Å². The lowest BCUT2D eigenvalue weighted by molar-refractivity contribution is -0.137. The summed E-state index contributed by atoms with van der Waals surface area (Å²) in [7, 11) is -3.79. The molecule has 9 heteroatoms. The molecule has 0 atom stereocenters. The van der Waals surface area contributed by atoms with E-state index in [1.165, 1.54) is 30.3 Å². The molecule has 0 aliphatic rings. The minimum Gasteiger partial charge on any atom is -0.322 e. The van der Waals surface area contributed by atoms with Crippen LogP contribution in [0.5, 0.6) is 0 Å². The first-order valence-electron chi connectivity index (χ1n) is 9.13. The number of anilines is 1. The average Bonchev–Trinajstić information content (AvgIpc) is 2.65. The van der Waals surface area contributed by atoms with Crippen LogP contribution >= 0.6 is 0 Å². The summed E-state index contributed by atoms with van der Waals surface area (Å²) in [4.78, 5) is 12.5. The van der Waals surface area contributed by atoms with Crippen LogP contribution in [-0.4, -0.2) is 20.9 Å². The first kappa shape index (κ1) is 22.9. The minimum atomic E-state index is -4.53. The third kappa shape index (κ3) is 6.30. The number of amides is 1. The molecule has 2 N–H and O–H groups in total. The number of benzene rings is 2. The molecule has 0 unspecified atom stereocenters. The maximum atomic E-state index is 12.8. The number of nitrogens with one attached hydrogen (secondary N) is 2. The van der Waals surface area contributed by atoms with Crippen LogP contribution in [0.25, 0.3) is 0 Å². The highest BCUT2D eigenvalue weighted by atomic mass is 32.2. The van der Waals surface area contributed by atoms with Crippen molar-refractivity contribution in [3.05, 3.63) is 59.2 Å². The molecule has 0 heterocycles. The van der Waals surface area contributed by atoms with Crippen molar-refractivity contribution in [2.75, 3.05) is 11.9 Å². The van der Waals surface area contributed by atoms with Crippen LogP contribution in [0.4, 0.5) is 18.9 Å². The summed E-state index contributed by atoms with van der Waals surface area (Å²) in [6.45, 7) is 3.91. The molecular weight excluding hydrogens is 405 g/mol. The van der Waals surface area contributed by atoms with Gasteiger partial charge in [-0.25, -0.2) is 13.1 Å². The Labute approximate surface area is 168 Å². The normalized spacial score (nSPS) is 12.0. The second kappa shape index (κ2) is 9.41. The smallest absolute Gasteiger partial charge is 0.322 e. The summed E-state index contributed by atoms with van der Waals surface area (Å²) in [5, 5.41) is 2.40. The van der Waals surface area contributed by atoms with Gasteiger partial charge in [0.15, 0.2) is 0 Å². The number of carbonyl (C=O) groups excluding carboxylic acids is 1. The third-order valence-electron chi connectivity index (χ3n) is 4.28. The van der Waals surface area contributed by atoms with E-state index in [-0.39, 0.29) is 22.7 Å². The lowest BCUT2D eigenvalue weighted by Gasteiger charge is -2.12. The number of hydrogen-bond donors (Lipinski definition) is 2. The zero-order valence-electron chi connectivity index (χ0n) is 16.1. The lowest BCUT2D eigenvalue weighted by Crippen LogP contribution is -2.25. The van der Waals surface area contributed by atoms with E-state index < -0.39 is 27.7 Å². The van der Waals surface area contributed by atoms with Gasteiger partial charge in [-0.15, -0.1) is 0 Å². The van der Waals surface area contributed by atoms with E-state index in [0.29, 0.717) is 12.0 Å². The van der Waals surface area contributed by atoms with Gasteiger partial charge >= 0.3 is 6.18 Å². The number of carbonyl (C=O) groups is 1. The van der Waals surface area contributed by atoms with Crippen LogP contribution in [0.15, 0.2) is 47.4 Å². The van der Waals surface area contributed by atoms with Gasteiger partial charge in [-0.05, 0) is 49.2 Å². The predicted octanol–water partition coefficient (Wildman–Crippen LogP) is 4.73. The second-order valence-corrected chi connectivity index (χ2v) is 8.38. The SMILES string of the molecule is CCCCCNS(=O)(=O)c1ccc(C)c(C(=O)Nc2cccc(C(F)(F)F)c2)c1. The quantitative estimate of drug-likeness (QED) is 0.597. The van der Waals surface area contributed by atoms with E-state index in [4.69, 9.17) is 0 Å². The van der Waals surface area contributed by atoms with Crippen LogP contribution in [0.2, 0.25) is 0 Å². The Morgan fingerprint density at radius 1 is 1.07 bits per heavy atom. The summed E-state index contributed by atoms with van der Waals surface area (Å²) < 4.78 is 65.9. The fourth-order valence-corrected chi connectivity index (χ4v) is 3.75. The zero-order chi connectivity index (χ0) is 21.7. The molecule has 1 amide bonds. The number of rotatable bonds is 8. The molecule has 0 fully saturated rings. The molecule has 29 heavy (non-hydrogen) atoms. The van der Waals surface area contributed by atoms with Crippen LogP contribution in [0.3, 0.4) is 0 Å². The van der Waals surface area contributed by atoms with Gasteiger partial charge in [0, 0.05) is 17.8 Å². The summed E-state index contributed by atoms with van der Waals surface area (Å²) in [6.07, 6.45) is -1.99. The Balaban J connectivity index is 2.22. The Bertz CT molecular complexity index is 973. The van der Waals surface area contributed by atoms with E-state index in [1.54, 1.807) is 6.92 Å². The summed E-state index contributed by atoms with van der Waals surface area (Å²) >= 11 is 0. The number of aryl methyl sites for hydroxylation is 1. The van der Waals surface area contributed by atoms with Crippen molar-refractivity contribution in [3.63, 3.8) is 0 Å². The van der Waals surface area contributed by atoms with E-state index in [9.17, 15) is 26.4 Å². The van der Waals surface area contributed by atoms with Gasteiger partial charge in [0.2, 0.25) is 10.0 Å². The van der Waals surface area contributed by atoms with Gasteiger partial charge in [-0.1, -0.05) is 31.9 Å². The molecule has 0 saturated heterocycles. The second-order valence-electron chi connectivity index (χ2n) is 6.61. The Morgan fingerprint density at radius 3 is 2.45 bits per heavy atom. The fourth-order valence-electron chi connectivity index (χ4n) is 2.65. The lowest BCUT2D eigenvalue weighted by atomic mass is 10.1. The molecule has 0 spiro atoms. The Morgan fingerprint density at radius 2 is 1.79 bits per heavy atom. The van der Waals surface area contributed by atoms with Gasteiger partial charge in [-0.3, -0.25) is 4.79 Å². The number of alkyl halides is 3. The third-order valence-corrected chi connectivity index (χ3v) is 5.74. The van der Waals surface area contributed by atoms with Crippen molar-refractivity contribution in [3.8, 4) is 0 Å². The van der Waals surface area contributed by atoms with E-state index >= 15 is 0 Å². The van der Waals surface area contributed by atoms with Crippen LogP contribution in [-0.2, 0) is 16.2 Å². The maximum Gasteiger partial charge on any atom is 0.416 e. The molecule has 2 aromatic carbocycles. The van der Waals surface area contributed by atoms with Crippen molar-refractivity contribution >= 4 is 21.6 Å². The summed E-state index contributed by atoms with van der Waals surface area (Å²) in [5.41, 5.74) is -0.354. The predicted molar refractivity (Wildman–Crippen MR) is 105 cm³/mol. The largest absolute Gasteiger partial charge is 0.416 e. The molecule has 0 aliphatic carbocycles. The molecule has 0 bridgehead atoms. The zero-order valence-corrected chi connectivity index (χ0v) is 17.0. The highest BCUT2D eigenvalue weighted by molar-refractivity contribution is 7.89. The van der Waals surface area contributed by atoms with Crippen molar-refractivity contribution in [2.24, 2.45) is 0 Å². The first-order valence-corrected chi connectivity index (χ1v) is 10.6. The van der Waals surface area contributed by atoms with E-state index in [0.717, 1.165) is 25.0 Å². The maximum absolute atomic E-state index is 12.8. The van der Waals surface area contributed by atoms with Gasteiger partial charge in [-0.2, -0.15) is 13.2 Å².